The standard InChI is InChI=1S/C29H31FO5S/c1-20-14-26(35-19-29(31)10-12-36(32,33)13-11-29)16-23-5-2-4-22-9-8-21(15-27(22)28(20)23)18-34-25-7-3-6-24(30)17-25/h3,6-9,14-17,31H,2,4-5,10-13,18-19H2,1H3. The van der Waals surface area contributed by atoms with Gasteiger partial charge in [0.25, 0.3) is 0 Å². The number of hydrogen-bond acceptors (Lipinski definition) is 5. The van der Waals surface area contributed by atoms with Crippen LogP contribution < -0.4 is 9.47 Å². The van der Waals surface area contributed by atoms with E-state index in [9.17, 15) is 17.9 Å². The van der Waals surface area contributed by atoms with E-state index in [1.807, 2.05) is 6.07 Å². The normalized spacial score (nSPS) is 18.0. The first-order chi connectivity index (χ1) is 17.2. The van der Waals surface area contributed by atoms with E-state index < -0.39 is 15.4 Å². The lowest BCUT2D eigenvalue weighted by Gasteiger charge is -2.31. The predicted molar refractivity (Wildman–Crippen MR) is 138 cm³/mol. The van der Waals surface area contributed by atoms with Gasteiger partial charge in [-0.3, -0.25) is 0 Å². The van der Waals surface area contributed by atoms with Crippen molar-refractivity contribution in [3.8, 4) is 22.6 Å². The highest BCUT2D eigenvalue weighted by atomic mass is 32.2. The average molecular weight is 511 g/mol. The van der Waals surface area contributed by atoms with Gasteiger partial charge in [0, 0.05) is 6.07 Å². The van der Waals surface area contributed by atoms with Gasteiger partial charge in [0.15, 0.2) is 9.84 Å². The lowest BCUT2D eigenvalue weighted by Crippen LogP contribution is -2.43. The number of rotatable bonds is 6. The molecule has 0 aromatic heterocycles. The van der Waals surface area contributed by atoms with Crippen molar-refractivity contribution >= 4 is 9.84 Å². The Labute approximate surface area is 211 Å². The van der Waals surface area contributed by atoms with E-state index in [1.54, 1.807) is 12.1 Å². The molecule has 0 spiro atoms. The van der Waals surface area contributed by atoms with Gasteiger partial charge in [-0.2, -0.15) is 0 Å². The summed E-state index contributed by atoms with van der Waals surface area (Å²) in [6, 6.07) is 16.6. The Bertz CT molecular complexity index is 1370. The molecule has 0 bridgehead atoms. The molecule has 0 unspecified atom stereocenters. The quantitative estimate of drug-likeness (QED) is 0.494. The van der Waals surface area contributed by atoms with Crippen molar-refractivity contribution < 1.29 is 27.4 Å². The third-order valence-corrected chi connectivity index (χ3v) is 8.84. The maximum absolute atomic E-state index is 13.5. The molecular formula is C29H31FO5S. The molecule has 1 saturated heterocycles. The van der Waals surface area contributed by atoms with Crippen LogP contribution in [0.25, 0.3) is 11.1 Å². The van der Waals surface area contributed by atoms with E-state index in [1.165, 1.54) is 34.4 Å². The van der Waals surface area contributed by atoms with E-state index in [0.29, 0.717) is 18.1 Å². The number of benzene rings is 3. The van der Waals surface area contributed by atoms with Crippen LogP contribution in [-0.2, 0) is 29.3 Å². The molecule has 1 N–H and O–H groups in total. The summed E-state index contributed by atoms with van der Waals surface area (Å²) < 4.78 is 48.8. The minimum atomic E-state index is -3.05. The third-order valence-electron chi connectivity index (χ3n) is 7.19. The molecule has 5 rings (SSSR count). The molecule has 3 aromatic rings. The molecule has 2 aliphatic rings. The topological polar surface area (TPSA) is 72.8 Å². The van der Waals surface area contributed by atoms with Crippen molar-refractivity contribution in [1.82, 2.24) is 0 Å². The van der Waals surface area contributed by atoms with Crippen molar-refractivity contribution in [2.75, 3.05) is 18.1 Å². The summed E-state index contributed by atoms with van der Waals surface area (Å²) >= 11 is 0. The van der Waals surface area contributed by atoms with Gasteiger partial charge in [-0.15, -0.1) is 0 Å². The highest BCUT2D eigenvalue weighted by Gasteiger charge is 2.36. The van der Waals surface area contributed by atoms with Gasteiger partial charge >= 0.3 is 0 Å². The molecule has 7 heteroatoms. The molecule has 5 nitrogen and oxygen atoms in total. The number of fused-ring (bicyclic) bond motifs is 3. The third kappa shape index (κ3) is 5.57. The minimum absolute atomic E-state index is 0.00187. The number of ether oxygens (including phenoxy) is 2. The van der Waals surface area contributed by atoms with E-state index >= 15 is 0 Å². The second-order valence-corrected chi connectivity index (χ2v) is 12.3. The lowest BCUT2D eigenvalue weighted by atomic mass is 9.91. The predicted octanol–water partition coefficient (Wildman–Crippen LogP) is 5.19. The van der Waals surface area contributed by atoms with Crippen LogP contribution in [0.15, 0.2) is 54.6 Å². The van der Waals surface area contributed by atoms with Crippen molar-refractivity contribution in [3.63, 3.8) is 0 Å². The SMILES string of the molecule is Cc1cc(OCC2(O)CCS(=O)(=O)CC2)cc2c1-c1cc(COc3cccc(F)c3)ccc1CCC2. The monoisotopic (exact) mass is 510 g/mol. The average Bonchev–Trinajstić information content (AvgIpc) is 3.03. The molecule has 0 saturated carbocycles. The van der Waals surface area contributed by atoms with Crippen molar-refractivity contribution in [2.24, 2.45) is 0 Å². The Hall–Kier alpha value is -2.90. The zero-order valence-corrected chi connectivity index (χ0v) is 21.2. The fourth-order valence-corrected chi connectivity index (χ4v) is 6.71. The summed E-state index contributed by atoms with van der Waals surface area (Å²) in [7, 11) is -3.05. The van der Waals surface area contributed by atoms with Gasteiger partial charge in [0.1, 0.15) is 36.1 Å². The van der Waals surface area contributed by atoms with Crippen LogP contribution in [0.2, 0.25) is 0 Å². The number of aryl methyl sites for hydroxylation is 3. The molecule has 190 valence electrons. The Morgan fingerprint density at radius 3 is 2.50 bits per heavy atom. The molecule has 1 aliphatic carbocycles. The van der Waals surface area contributed by atoms with Gasteiger partial charge < -0.3 is 14.6 Å². The van der Waals surface area contributed by atoms with E-state index in [2.05, 4.69) is 31.2 Å². The largest absolute Gasteiger partial charge is 0.491 e. The van der Waals surface area contributed by atoms with E-state index in [-0.39, 0.29) is 36.8 Å². The number of sulfone groups is 1. The summed E-state index contributed by atoms with van der Waals surface area (Å²) in [5.41, 5.74) is 5.86. The minimum Gasteiger partial charge on any atom is -0.491 e. The van der Waals surface area contributed by atoms with Crippen LogP contribution in [0, 0.1) is 12.7 Å². The first kappa shape index (κ1) is 24.8. The zero-order valence-electron chi connectivity index (χ0n) is 20.4. The van der Waals surface area contributed by atoms with Crippen molar-refractivity contribution in [2.45, 2.75) is 51.2 Å². The molecule has 3 aromatic carbocycles. The van der Waals surface area contributed by atoms with Crippen molar-refractivity contribution in [1.29, 1.82) is 0 Å². The smallest absolute Gasteiger partial charge is 0.150 e. The second kappa shape index (κ2) is 9.87. The highest BCUT2D eigenvalue weighted by Crippen LogP contribution is 2.38. The summed E-state index contributed by atoms with van der Waals surface area (Å²) in [6.45, 7) is 2.50. The van der Waals surface area contributed by atoms with Gasteiger partial charge in [-0.1, -0.05) is 18.2 Å². The molecule has 0 radical (unpaired) electrons. The maximum Gasteiger partial charge on any atom is 0.150 e. The first-order valence-electron chi connectivity index (χ1n) is 12.4. The van der Waals surface area contributed by atoms with Crippen LogP contribution in [0.5, 0.6) is 11.5 Å². The van der Waals surface area contributed by atoms with E-state index in [4.69, 9.17) is 9.47 Å². The lowest BCUT2D eigenvalue weighted by molar-refractivity contribution is -0.0128. The van der Waals surface area contributed by atoms with Gasteiger partial charge in [-0.25, -0.2) is 12.8 Å². The van der Waals surface area contributed by atoms with Crippen LogP contribution in [0.3, 0.4) is 0 Å². The molecule has 1 aliphatic heterocycles. The molecule has 0 amide bonds. The van der Waals surface area contributed by atoms with E-state index in [0.717, 1.165) is 30.4 Å². The Morgan fingerprint density at radius 1 is 0.944 bits per heavy atom. The number of hydrogen-bond donors (Lipinski definition) is 1. The van der Waals surface area contributed by atoms with Crippen LogP contribution >= 0.6 is 0 Å². The molecule has 1 fully saturated rings. The summed E-state index contributed by atoms with van der Waals surface area (Å²) in [5.74, 6) is 0.872. The number of aliphatic hydroxyl groups is 1. The van der Waals surface area contributed by atoms with Gasteiger partial charge in [-0.05, 0) is 103 Å². The molecular weight excluding hydrogens is 479 g/mol. The number of halogens is 1. The van der Waals surface area contributed by atoms with Crippen molar-refractivity contribution in [3.05, 3.63) is 82.7 Å². The molecule has 36 heavy (non-hydrogen) atoms. The first-order valence-corrected chi connectivity index (χ1v) is 14.2. The van der Waals surface area contributed by atoms with Gasteiger partial charge in [0.2, 0.25) is 0 Å². The fourth-order valence-electron chi connectivity index (χ4n) is 5.13. The summed E-state index contributed by atoms with van der Waals surface area (Å²) in [4.78, 5) is 0. The molecule has 1 heterocycles. The van der Waals surface area contributed by atoms with Gasteiger partial charge in [0.05, 0.1) is 11.5 Å². The summed E-state index contributed by atoms with van der Waals surface area (Å²) in [6.07, 6.45) is 3.31. The van der Waals surface area contributed by atoms with Crippen LogP contribution in [0.4, 0.5) is 4.39 Å². The second-order valence-electron chi connectivity index (χ2n) is 10.0. The molecule has 0 atom stereocenters. The van der Waals surface area contributed by atoms with Crippen LogP contribution in [0.1, 0.15) is 41.5 Å². The summed E-state index contributed by atoms with van der Waals surface area (Å²) in [5, 5.41) is 10.8. The Kier molecular flexibility index (Phi) is 6.79. The van der Waals surface area contributed by atoms with Crippen LogP contribution in [-0.4, -0.2) is 37.2 Å². The maximum atomic E-state index is 13.5. The highest BCUT2D eigenvalue weighted by molar-refractivity contribution is 7.91. The fraction of sp³-hybridized carbons (Fsp3) is 0.379. The Morgan fingerprint density at radius 2 is 1.72 bits per heavy atom. The Balaban J connectivity index is 1.36. The zero-order chi connectivity index (χ0) is 25.3.